The summed E-state index contributed by atoms with van der Waals surface area (Å²) in [4.78, 5) is 11.5. The molecule has 9 heteroatoms. The van der Waals surface area contributed by atoms with Crippen LogP contribution in [0.3, 0.4) is 0 Å². The molecule has 0 unspecified atom stereocenters. The zero-order chi connectivity index (χ0) is 14.6. The van der Waals surface area contributed by atoms with Gasteiger partial charge in [0.25, 0.3) is 0 Å². The lowest BCUT2D eigenvalue weighted by Crippen LogP contribution is -2.24. The van der Waals surface area contributed by atoms with E-state index in [2.05, 4.69) is 25.0 Å². The van der Waals surface area contributed by atoms with E-state index in [1.165, 1.54) is 12.4 Å². The molecule has 0 aliphatic rings. The largest absolute Gasteiger partial charge is 0.323 e. The SMILES string of the molecule is CCNS(=O)(=O)c1ccccc1Nc1ncnc(Cl)n1. The van der Waals surface area contributed by atoms with Gasteiger partial charge in [0.15, 0.2) is 0 Å². The summed E-state index contributed by atoms with van der Waals surface area (Å²) in [5.74, 6) is 0.171. The van der Waals surface area contributed by atoms with E-state index >= 15 is 0 Å². The number of benzene rings is 1. The average molecular weight is 314 g/mol. The molecule has 0 bridgehead atoms. The maximum atomic E-state index is 12.1. The van der Waals surface area contributed by atoms with Crippen LogP contribution in [0.2, 0.25) is 5.28 Å². The van der Waals surface area contributed by atoms with E-state index < -0.39 is 10.0 Å². The van der Waals surface area contributed by atoms with Gasteiger partial charge in [-0.05, 0) is 23.7 Å². The average Bonchev–Trinajstić information content (AvgIpc) is 2.39. The highest BCUT2D eigenvalue weighted by atomic mass is 35.5. The lowest BCUT2D eigenvalue weighted by atomic mass is 10.3. The zero-order valence-corrected chi connectivity index (χ0v) is 12.1. The second kappa shape index (κ2) is 6.12. The Morgan fingerprint density at radius 1 is 1.25 bits per heavy atom. The Bertz CT molecular complexity index is 707. The maximum absolute atomic E-state index is 12.1. The number of hydrogen-bond donors (Lipinski definition) is 2. The second-order valence-corrected chi connectivity index (χ2v) is 5.77. The number of nitrogens with one attached hydrogen (secondary N) is 2. The number of rotatable bonds is 5. The Hall–Kier alpha value is -1.77. The molecule has 2 rings (SSSR count). The third kappa shape index (κ3) is 3.41. The van der Waals surface area contributed by atoms with E-state index in [9.17, 15) is 8.42 Å². The smallest absolute Gasteiger partial charge is 0.242 e. The predicted octanol–water partition coefficient (Wildman–Crippen LogP) is 1.57. The fourth-order valence-corrected chi connectivity index (χ4v) is 2.85. The zero-order valence-electron chi connectivity index (χ0n) is 10.5. The van der Waals surface area contributed by atoms with Crippen LogP contribution in [0.5, 0.6) is 0 Å². The van der Waals surface area contributed by atoms with Crippen molar-refractivity contribution >= 4 is 33.3 Å². The lowest BCUT2D eigenvalue weighted by molar-refractivity contribution is 0.584. The summed E-state index contributed by atoms with van der Waals surface area (Å²) in [6, 6.07) is 6.44. The van der Waals surface area contributed by atoms with Gasteiger partial charge in [-0.15, -0.1) is 0 Å². The van der Waals surface area contributed by atoms with Crippen molar-refractivity contribution in [1.29, 1.82) is 0 Å². The molecule has 106 valence electrons. The van der Waals surface area contributed by atoms with E-state index in [0.29, 0.717) is 12.2 Å². The number of nitrogens with zero attached hydrogens (tertiary/aromatic N) is 3. The number of hydrogen-bond acceptors (Lipinski definition) is 6. The molecule has 2 aromatic rings. The minimum absolute atomic E-state index is 0.0227. The second-order valence-electron chi connectivity index (χ2n) is 3.70. The number of halogens is 1. The van der Waals surface area contributed by atoms with E-state index in [4.69, 9.17) is 11.6 Å². The van der Waals surface area contributed by atoms with Crippen LogP contribution in [0.15, 0.2) is 35.5 Å². The molecule has 0 aliphatic carbocycles. The van der Waals surface area contributed by atoms with Crippen LogP contribution in [-0.4, -0.2) is 29.9 Å². The summed E-state index contributed by atoms with van der Waals surface area (Å²) in [7, 11) is -3.59. The molecule has 20 heavy (non-hydrogen) atoms. The molecular weight excluding hydrogens is 302 g/mol. The predicted molar refractivity (Wildman–Crippen MR) is 75.4 cm³/mol. The Morgan fingerprint density at radius 2 is 2.00 bits per heavy atom. The van der Waals surface area contributed by atoms with Crippen LogP contribution in [0, 0.1) is 0 Å². The summed E-state index contributed by atoms with van der Waals surface area (Å²) in [5, 5.41) is 2.83. The van der Waals surface area contributed by atoms with Crippen LogP contribution in [0.1, 0.15) is 6.92 Å². The minimum atomic E-state index is -3.59. The Morgan fingerprint density at radius 3 is 2.70 bits per heavy atom. The lowest BCUT2D eigenvalue weighted by Gasteiger charge is -2.11. The molecule has 0 aliphatic heterocycles. The van der Waals surface area contributed by atoms with Crippen molar-refractivity contribution in [3.05, 3.63) is 35.9 Å². The monoisotopic (exact) mass is 313 g/mol. The van der Waals surface area contributed by atoms with Gasteiger partial charge in [0.1, 0.15) is 11.2 Å². The topological polar surface area (TPSA) is 96.9 Å². The number of anilines is 2. The van der Waals surface area contributed by atoms with Crippen LogP contribution < -0.4 is 10.0 Å². The Balaban J connectivity index is 2.38. The van der Waals surface area contributed by atoms with Crippen molar-refractivity contribution in [3.63, 3.8) is 0 Å². The van der Waals surface area contributed by atoms with Gasteiger partial charge in [0.2, 0.25) is 21.3 Å². The maximum Gasteiger partial charge on any atom is 0.242 e. The van der Waals surface area contributed by atoms with Crippen molar-refractivity contribution in [1.82, 2.24) is 19.7 Å². The molecule has 1 heterocycles. The van der Waals surface area contributed by atoms with E-state index in [0.717, 1.165) is 0 Å². The summed E-state index contributed by atoms with van der Waals surface area (Å²) < 4.78 is 26.6. The first kappa shape index (κ1) is 14.6. The van der Waals surface area contributed by atoms with Gasteiger partial charge in [-0.3, -0.25) is 0 Å². The van der Waals surface area contributed by atoms with Gasteiger partial charge < -0.3 is 5.32 Å². The van der Waals surface area contributed by atoms with E-state index in [1.54, 1.807) is 25.1 Å². The van der Waals surface area contributed by atoms with Crippen LogP contribution in [-0.2, 0) is 10.0 Å². The molecule has 0 radical (unpaired) electrons. The first-order valence-electron chi connectivity index (χ1n) is 5.73. The molecular formula is C11H12ClN5O2S. The fourth-order valence-electron chi connectivity index (χ4n) is 1.53. The molecule has 1 aromatic heterocycles. The first-order valence-corrected chi connectivity index (χ1v) is 7.59. The molecule has 0 fully saturated rings. The van der Waals surface area contributed by atoms with Gasteiger partial charge in [0.05, 0.1) is 5.69 Å². The van der Waals surface area contributed by atoms with Crippen molar-refractivity contribution in [2.24, 2.45) is 0 Å². The third-order valence-electron chi connectivity index (χ3n) is 2.30. The molecule has 2 N–H and O–H groups in total. The van der Waals surface area contributed by atoms with Gasteiger partial charge in [0, 0.05) is 6.54 Å². The quantitative estimate of drug-likeness (QED) is 0.869. The van der Waals surface area contributed by atoms with Crippen molar-refractivity contribution < 1.29 is 8.42 Å². The molecule has 0 spiro atoms. The van der Waals surface area contributed by atoms with Crippen molar-refractivity contribution in [3.8, 4) is 0 Å². The van der Waals surface area contributed by atoms with Gasteiger partial charge in [-0.25, -0.2) is 23.1 Å². The number of sulfonamides is 1. The van der Waals surface area contributed by atoms with Gasteiger partial charge in [-0.2, -0.15) is 4.98 Å². The van der Waals surface area contributed by atoms with Crippen LogP contribution >= 0.6 is 11.6 Å². The summed E-state index contributed by atoms with van der Waals surface area (Å²) in [5.41, 5.74) is 0.357. The van der Waals surface area contributed by atoms with Crippen LogP contribution in [0.4, 0.5) is 11.6 Å². The number of para-hydroxylation sites is 1. The standard InChI is InChI=1S/C11H12ClN5O2S/c1-2-15-20(18,19)9-6-4-3-5-8(9)16-11-14-7-13-10(12)17-11/h3-7,15H,2H2,1H3,(H,13,14,16,17). The first-order chi connectivity index (χ1) is 9.53. The Kier molecular flexibility index (Phi) is 4.48. The van der Waals surface area contributed by atoms with Crippen molar-refractivity contribution in [2.45, 2.75) is 11.8 Å². The molecule has 7 nitrogen and oxygen atoms in total. The highest BCUT2D eigenvalue weighted by Crippen LogP contribution is 2.23. The van der Waals surface area contributed by atoms with Crippen molar-refractivity contribution in [2.75, 3.05) is 11.9 Å². The van der Waals surface area contributed by atoms with Gasteiger partial charge in [-0.1, -0.05) is 19.1 Å². The summed E-state index contributed by atoms with van der Waals surface area (Å²) >= 11 is 5.66. The number of aromatic nitrogens is 3. The minimum Gasteiger partial charge on any atom is -0.323 e. The summed E-state index contributed by atoms with van der Waals surface area (Å²) in [6.07, 6.45) is 1.24. The highest BCUT2D eigenvalue weighted by Gasteiger charge is 2.17. The van der Waals surface area contributed by atoms with Gasteiger partial charge >= 0.3 is 0 Å². The summed E-state index contributed by atoms with van der Waals surface area (Å²) in [6.45, 7) is 2.01. The molecule has 1 aromatic carbocycles. The molecule has 0 saturated heterocycles. The van der Waals surface area contributed by atoms with E-state index in [1.807, 2.05) is 0 Å². The van der Waals surface area contributed by atoms with E-state index in [-0.39, 0.29) is 16.1 Å². The normalized spacial score (nSPS) is 11.3. The molecule has 0 atom stereocenters. The highest BCUT2D eigenvalue weighted by molar-refractivity contribution is 7.89. The Labute approximate surface area is 121 Å². The third-order valence-corrected chi connectivity index (χ3v) is 4.09. The fraction of sp³-hybridized carbons (Fsp3) is 0.182. The van der Waals surface area contributed by atoms with Crippen LogP contribution in [0.25, 0.3) is 0 Å². The molecule has 0 amide bonds. The molecule has 0 saturated carbocycles.